The lowest BCUT2D eigenvalue weighted by atomic mass is 10.2. The molecule has 15 heavy (non-hydrogen) atoms. The summed E-state index contributed by atoms with van der Waals surface area (Å²) in [5.41, 5.74) is 0. The predicted octanol–water partition coefficient (Wildman–Crippen LogP) is 1.93. The molecule has 1 aliphatic carbocycles. The maximum atomic E-state index is 7.77. The number of nitrogens with one attached hydrogen (secondary N) is 1. The summed E-state index contributed by atoms with van der Waals surface area (Å²) in [7, 11) is 2.25. The summed E-state index contributed by atoms with van der Waals surface area (Å²) in [4.78, 5) is 4.74. The van der Waals surface area contributed by atoms with E-state index in [1.54, 1.807) is 0 Å². The molecule has 0 unspecified atom stereocenters. The standard InChI is InChI=1S/C12H23N3/c1-14(11-5-2-3-6-11)9-10-15-8-4-7-12(15)13/h11,13H,2-10H2,1H3. The fraction of sp³-hybridized carbons (Fsp3) is 0.917. The quantitative estimate of drug-likeness (QED) is 0.767. The molecule has 1 saturated carbocycles. The first-order chi connectivity index (χ1) is 7.27. The van der Waals surface area contributed by atoms with Gasteiger partial charge in [0, 0.05) is 32.1 Å². The second-order valence-corrected chi connectivity index (χ2v) is 4.96. The van der Waals surface area contributed by atoms with Crippen molar-refractivity contribution in [1.29, 1.82) is 5.41 Å². The highest BCUT2D eigenvalue weighted by Gasteiger charge is 2.21. The Morgan fingerprint density at radius 1 is 1.33 bits per heavy atom. The van der Waals surface area contributed by atoms with Gasteiger partial charge in [-0.05, 0) is 26.3 Å². The zero-order valence-corrected chi connectivity index (χ0v) is 9.84. The van der Waals surface area contributed by atoms with Crippen LogP contribution in [0.1, 0.15) is 38.5 Å². The number of hydrogen-bond donors (Lipinski definition) is 1. The molecule has 2 rings (SSSR count). The molecule has 3 heteroatoms. The van der Waals surface area contributed by atoms with Gasteiger partial charge in [0.25, 0.3) is 0 Å². The SMILES string of the molecule is CN(CCN1CCCC1=N)C1CCCC1. The van der Waals surface area contributed by atoms with Gasteiger partial charge < -0.3 is 9.80 Å². The molecule has 0 radical (unpaired) electrons. The Bertz CT molecular complexity index is 221. The number of rotatable bonds is 4. The normalized spacial score (nSPS) is 23.3. The van der Waals surface area contributed by atoms with Crippen LogP contribution in [0, 0.1) is 5.41 Å². The fourth-order valence-corrected chi connectivity index (χ4v) is 2.78. The van der Waals surface area contributed by atoms with Crippen molar-refractivity contribution in [2.24, 2.45) is 0 Å². The molecule has 1 N–H and O–H groups in total. The summed E-state index contributed by atoms with van der Waals surface area (Å²) in [5.74, 6) is 0.856. The van der Waals surface area contributed by atoms with Gasteiger partial charge in [-0.2, -0.15) is 0 Å². The Labute approximate surface area is 92.9 Å². The van der Waals surface area contributed by atoms with Gasteiger partial charge in [0.05, 0.1) is 5.84 Å². The van der Waals surface area contributed by atoms with Gasteiger partial charge in [0.1, 0.15) is 0 Å². The number of likely N-dealkylation sites (N-methyl/N-ethyl adjacent to an activating group) is 1. The highest BCUT2D eigenvalue weighted by molar-refractivity contribution is 5.80. The molecule has 0 bridgehead atoms. The van der Waals surface area contributed by atoms with E-state index in [9.17, 15) is 0 Å². The van der Waals surface area contributed by atoms with Gasteiger partial charge in [-0.25, -0.2) is 0 Å². The van der Waals surface area contributed by atoms with Crippen molar-refractivity contribution in [3.8, 4) is 0 Å². The first-order valence-electron chi connectivity index (χ1n) is 6.30. The first kappa shape index (κ1) is 10.9. The molecule has 1 heterocycles. The molecule has 1 aliphatic heterocycles. The van der Waals surface area contributed by atoms with Crippen LogP contribution in [0.4, 0.5) is 0 Å². The molecule has 0 aromatic heterocycles. The minimum Gasteiger partial charge on any atom is -0.359 e. The lowest BCUT2D eigenvalue weighted by Crippen LogP contribution is -2.37. The number of likely N-dealkylation sites (tertiary alicyclic amines) is 1. The van der Waals surface area contributed by atoms with E-state index in [1.807, 2.05) is 0 Å². The zero-order chi connectivity index (χ0) is 10.7. The summed E-state index contributed by atoms with van der Waals surface area (Å²) >= 11 is 0. The summed E-state index contributed by atoms with van der Waals surface area (Å²) in [6.45, 7) is 3.30. The van der Waals surface area contributed by atoms with Gasteiger partial charge in [-0.1, -0.05) is 12.8 Å². The molecule has 1 saturated heterocycles. The van der Waals surface area contributed by atoms with E-state index in [1.165, 1.54) is 32.1 Å². The third-order valence-corrected chi connectivity index (χ3v) is 3.89. The summed E-state index contributed by atoms with van der Waals surface area (Å²) in [5, 5.41) is 7.77. The Kier molecular flexibility index (Phi) is 3.62. The molecular formula is C12H23N3. The zero-order valence-electron chi connectivity index (χ0n) is 9.84. The van der Waals surface area contributed by atoms with Crippen LogP contribution in [-0.4, -0.2) is 48.4 Å². The molecule has 0 atom stereocenters. The monoisotopic (exact) mass is 209 g/mol. The molecule has 2 fully saturated rings. The average molecular weight is 209 g/mol. The van der Waals surface area contributed by atoms with Gasteiger partial charge in [-0.3, -0.25) is 5.41 Å². The Balaban J connectivity index is 1.70. The second kappa shape index (κ2) is 4.97. The summed E-state index contributed by atoms with van der Waals surface area (Å²) < 4.78 is 0. The van der Waals surface area contributed by atoms with Crippen LogP contribution < -0.4 is 0 Å². The fourth-order valence-electron chi connectivity index (χ4n) is 2.78. The smallest absolute Gasteiger partial charge is 0.0958 e. The number of nitrogens with zero attached hydrogens (tertiary/aromatic N) is 2. The van der Waals surface area contributed by atoms with E-state index in [-0.39, 0.29) is 0 Å². The number of amidine groups is 1. The Morgan fingerprint density at radius 2 is 2.07 bits per heavy atom. The molecule has 3 nitrogen and oxygen atoms in total. The van der Waals surface area contributed by atoms with E-state index in [0.29, 0.717) is 0 Å². The Morgan fingerprint density at radius 3 is 2.67 bits per heavy atom. The van der Waals surface area contributed by atoms with Gasteiger partial charge >= 0.3 is 0 Å². The molecule has 0 aromatic rings. The van der Waals surface area contributed by atoms with E-state index in [0.717, 1.165) is 37.9 Å². The van der Waals surface area contributed by atoms with Crippen molar-refractivity contribution >= 4 is 5.84 Å². The molecule has 0 aromatic carbocycles. The maximum absolute atomic E-state index is 7.77. The lowest BCUT2D eigenvalue weighted by Gasteiger charge is -2.27. The van der Waals surface area contributed by atoms with E-state index in [2.05, 4.69) is 16.8 Å². The van der Waals surface area contributed by atoms with Crippen molar-refractivity contribution in [3.05, 3.63) is 0 Å². The van der Waals surface area contributed by atoms with Crippen LogP contribution in [0.2, 0.25) is 0 Å². The minimum absolute atomic E-state index is 0.821. The topological polar surface area (TPSA) is 30.3 Å². The van der Waals surface area contributed by atoms with Crippen LogP contribution in [-0.2, 0) is 0 Å². The van der Waals surface area contributed by atoms with Gasteiger partial charge in [0.2, 0.25) is 0 Å². The van der Waals surface area contributed by atoms with Crippen molar-refractivity contribution < 1.29 is 0 Å². The van der Waals surface area contributed by atoms with Crippen molar-refractivity contribution in [1.82, 2.24) is 9.80 Å². The average Bonchev–Trinajstić information content (AvgIpc) is 2.85. The van der Waals surface area contributed by atoms with Crippen molar-refractivity contribution in [2.45, 2.75) is 44.6 Å². The highest BCUT2D eigenvalue weighted by Crippen LogP contribution is 2.22. The maximum Gasteiger partial charge on any atom is 0.0958 e. The summed E-state index contributed by atoms with van der Waals surface area (Å²) in [6.07, 6.45) is 7.77. The van der Waals surface area contributed by atoms with Crippen LogP contribution in [0.25, 0.3) is 0 Å². The predicted molar refractivity (Wildman–Crippen MR) is 63.4 cm³/mol. The molecule has 0 amide bonds. The Hall–Kier alpha value is -0.570. The van der Waals surface area contributed by atoms with E-state index >= 15 is 0 Å². The van der Waals surface area contributed by atoms with Crippen LogP contribution in [0.3, 0.4) is 0 Å². The third kappa shape index (κ3) is 2.71. The van der Waals surface area contributed by atoms with E-state index in [4.69, 9.17) is 5.41 Å². The van der Waals surface area contributed by atoms with Crippen molar-refractivity contribution in [2.75, 3.05) is 26.7 Å². The van der Waals surface area contributed by atoms with E-state index < -0.39 is 0 Å². The largest absolute Gasteiger partial charge is 0.359 e. The summed E-state index contributed by atoms with van der Waals surface area (Å²) in [6, 6.07) is 0.821. The van der Waals surface area contributed by atoms with Crippen molar-refractivity contribution in [3.63, 3.8) is 0 Å². The third-order valence-electron chi connectivity index (χ3n) is 3.89. The van der Waals surface area contributed by atoms with Gasteiger partial charge in [-0.15, -0.1) is 0 Å². The molecule has 0 spiro atoms. The van der Waals surface area contributed by atoms with Crippen LogP contribution in [0.5, 0.6) is 0 Å². The van der Waals surface area contributed by atoms with Crippen LogP contribution in [0.15, 0.2) is 0 Å². The minimum atomic E-state index is 0.821. The number of hydrogen-bond acceptors (Lipinski definition) is 2. The highest BCUT2D eigenvalue weighted by atomic mass is 15.2. The second-order valence-electron chi connectivity index (χ2n) is 4.96. The first-order valence-corrected chi connectivity index (χ1v) is 6.30. The van der Waals surface area contributed by atoms with Gasteiger partial charge in [0.15, 0.2) is 0 Å². The molecule has 86 valence electrons. The molecular weight excluding hydrogens is 186 g/mol. The van der Waals surface area contributed by atoms with Crippen LogP contribution >= 0.6 is 0 Å². The molecule has 2 aliphatic rings. The lowest BCUT2D eigenvalue weighted by molar-refractivity contribution is 0.227.